The summed E-state index contributed by atoms with van der Waals surface area (Å²) in [5.41, 5.74) is 0.519. The van der Waals surface area contributed by atoms with Crippen LogP contribution in [0.3, 0.4) is 0 Å². The quantitative estimate of drug-likeness (QED) is 0.800. The van der Waals surface area contributed by atoms with Gasteiger partial charge in [0.25, 0.3) is 0 Å². The zero-order chi connectivity index (χ0) is 20.6. The molecule has 1 fully saturated rings. The van der Waals surface area contributed by atoms with Gasteiger partial charge >= 0.3 is 0 Å². The van der Waals surface area contributed by atoms with Crippen LogP contribution in [-0.4, -0.2) is 39.1 Å². The lowest BCUT2D eigenvalue weighted by molar-refractivity contribution is -0.121. The molecular weight excluding hydrogens is 370 g/mol. The number of aromatic nitrogens is 3. The van der Waals surface area contributed by atoms with Crippen LogP contribution >= 0.6 is 0 Å². The van der Waals surface area contributed by atoms with Gasteiger partial charge in [-0.05, 0) is 45.6 Å². The van der Waals surface area contributed by atoms with Crippen molar-refractivity contribution < 1.29 is 14.6 Å². The van der Waals surface area contributed by atoms with E-state index in [4.69, 9.17) is 4.74 Å². The summed E-state index contributed by atoms with van der Waals surface area (Å²) in [4.78, 5) is 28.0. The summed E-state index contributed by atoms with van der Waals surface area (Å²) in [6.45, 7) is 3.40. The van der Waals surface area contributed by atoms with E-state index in [9.17, 15) is 9.90 Å². The number of carbonyl (C=O) groups excluding carboxylic acids is 1. The number of aliphatic hydroxyl groups excluding tert-OH is 1. The van der Waals surface area contributed by atoms with Crippen LogP contribution < -0.4 is 15.0 Å². The second kappa shape index (κ2) is 7.59. The van der Waals surface area contributed by atoms with Crippen molar-refractivity contribution in [3.05, 3.63) is 29.7 Å². The molecule has 0 aromatic carbocycles. The molecule has 2 aromatic heterocycles. The van der Waals surface area contributed by atoms with Crippen molar-refractivity contribution in [2.24, 2.45) is 0 Å². The number of anilines is 3. The van der Waals surface area contributed by atoms with Crippen LogP contribution in [0.2, 0.25) is 0 Å². The highest BCUT2D eigenvalue weighted by atomic mass is 16.5. The van der Waals surface area contributed by atoms with E-state index in [1.54, 1.807) is 24.2 Å². The fraction of sp³-hybridized carbons (Fsp3) is 0.524. The number of hydrogen-bond donors (Lipinski definition) is 2. The van der Waals surface area contributed by atoms with E-state index in [0.29, 0.717) is 28.8 Å². The first-order valence-corrected chi connectivity index (χ1v) is 10.1. The number of aliphatic hydroxyl groups is 1. The normalized spacial score (nSPS) is 18.6. The molecule has 1 amide bonds. The number of carbonyl (C=O) groups is 1. The molecule has 2 aromatic rings. The summed E-state index contributed by atoms with van der Waals surface area (Å²) in [5.74, 6) is 1.74. The van der Waals surface area contributed by atoms with Gasteiger partial charge in [-0.1, -0.05) is 6.42 Å². The average molecular weight is 397 g/mol. The Morgan fingerprint density at radius 3 is 2.62 bits per heavy atom. The van der Waals surface area contributed by atoms with Gasteiger partial charge < -0.3 is 15.2 Å². The zero-order valence-corrected chi connectivity index (χ0v) is 17.1. The molecule has 29 heavy (non-hydrogen) atoms. The van der Waals surface area contributed by atoms with Gasteiger partial charge in [0, 0.05) is 13.1 Å². The van der Waals surface area contributed by atoms with Gasteiger partial charge in [-0.25, -0.2) is 15.0 Å². The minimum absolute atomic E-state index is 0.115. The van der Waals surface area contributed by atoms with E-state index >= 15 is 0 Å². The first-order valence-electron chi connectivity index (χ1n) is 10.1. The first kappa shape index (κ1) is 19.6. The fourth-order valence-electron chi connectivity index (χ4n) is 4.13. The van der Waals surface area contributed by atoms with Crippen LogP contribution in [-0.2, 0) is 16.8 Å². The monoisotopic (exact) mass is 397 g/mol. The van der Waals surface area contributed by atoms with Gasteiger partial charge in [-0.3, -0.25) is 9.69 Å². The van der Waals surface area contributed by atoms with Crippen LogP contribution in [0, 0.1) is 0 Å². The third-order valence-corrected chi connectivity index (χ3v) is 5.71. The van der Waals surface area contributed by atoms with Crippen molar-refractivity contribution >= 4 is 23.2 Å². The Hall–Kier alpha value is -2.74. The maximum Gasteiger partial charge on any atom is 0.243 e. The standard InChI is InChI=1S/C21H27N5O3/c1-21(2)17-18(22-3)24-15(12-27)25-19(17)26(20(21)28)13-9-10-16(23-11-13)29-14-7-5-4-6-8-14/h9-11,14,27H,4-8,12H2,1-3H3,(H,22,24,25). The number of nitrogens with one attached hydrogen (secondary N) is 1. The molecule has 0 unspecified atom stereocenters. The van der Waals surface area contributed by atoms with Crippen LogP contribution in [0.4, 0.5) is 17.3 Å². The van der Waals surface area contributed by atoms with E-state index < -0.39 is 5.41 Å². The average Bonchev–Trinajstić information content (AvgIpc) is 2.94. The molecule has 1 saturated carbocycles. The van der Waals surface area contributed by atoms with Crippen molar-refractivity contribution in [2.45, 2.75) is 64.1 Å². The molecule has 1 aliphatic carbocycles. The summed E-state index contributed by atoms with van der Waals surface area (Å²) in [7, 11) is 1.74. The van der Waals surface area contributed by atoms with E-state index in [1.807, 2.05) is 19.9 Å². The van der Waals surface area contributed by atoms with Gasteiger partial charge in [0.2, 0.25) is 11.8 Å². The zero-order valence-electron chi connectivity index (χ0n) is 17.1. The predicted octanol–water partition coefficient (Wildman–Crippen LogP) is 3.07. The Bertz CT molecular complexity index is 907. The molecule has 1 aliphatic heterocycles. The molecule has 4 rings (SSSR count). The van der Waals surface area contributed by atoms with Gasteiger partial charge in [0.1, 0.15) is 24.3 Å². The third-order valence-electron chi connectivity index (χ3n) is 5.71. The highest BCUT2D eigenvalue weighted by Crippen LogP contribution is 2.47. The number of ether oxygens (including phenoxy) is 1. The molecule has 0 saturated heterocycles. The van der Waals surface area contributed by atoms with Crippen molar-refractivity contribution in [3.8, 4) is 5.88 Å². The lowest BCUT2D eigenvalue weighted by Crippen LogP contribution is -2.33. The maximum absolute atomic E-state index is 13.3. The van der Waals surface area contributed by atoms with Crippen molar-refractivity contribution in [1.82, 2.24) is 15.0 Å². The summed E-state index contributed by atoms with van der Waals surface area (Å²) in [5, 5.41) is 12.6. The van der Waals surface area contributed by atoms with Crippen molar-refractivity contribution in [1.29, 1.82) is 0 Å². The van der Waals surface area contributed by atoms with Crippen molar-refractivity contribution in [2.75, 3.05) is 17.3 Å². The highest BCUT2D eigenvalue weighted by molar-refractivity contribution is 6.12. The molecule has 8 heteroatoms. The molecule has 0 spiro atoms. The SMILES string of the molecule is CNc1nc(CO)nc2c1C(C)(C)C(=O)N2c1ccc(OC2CCCCC2)nc1. The third kappa shape index (κ3) is 3.42. The van der Waals surface area contributed by atoms with Gasteiger partial charge in [0.15, 0.2) is 5.82 Å². The smallest absolute Gasteiger partial charge is 0.243 e. The molecule has 3 heterocycles. The van der Waals surface area contributed by atoms with E-state index in [0.717, 1.165) is 12.8 Å². The Kier molecular flexibility index (Phi) is 5.12. The number of nitrogens with zero attached hydrogens (tertiary/aromatic N) is 4. The fourth-order valence-corrected chi connectivity index (χ4v) is 4.13. The van der Waals surface area contributed by atoms with Crippen molar-refractivity contribution in [3.63, 3.8) is 0 Å². The molecule has 0 atom stereocenters. The number of amides is 1. The van der Waals surface area contributed by atoms with Crippen LogP contribution in [0.1, 0.15) is 57.3 Å². The molecule has 2 aliphatic rings. The van der Waals surface area contributed by atoms with Crippen LogP contribution in [0.5, 0.6) is 5.88 Å². The Labute approximate surface area is 170 Å². The van der Waals surface area contributed by atoms with Gasteiger partial charge in [-0.2, -0.15) is 0 Å². The first-order chi connectivity index (χ1) is 14.0. The topological polar surface area (TPSA) is 100 Å². The summed E-state index contributed by atoms with van der Waals surface area (Å²) < 4.78 is 6.00. The lowest BCUT2D eigenvalue weighted by Gasteiger charge is -2.23. The Morgan fingerprint density at radius 1 is 1.24 bits per heavy atom. The summed E-state index contributed by atoms with van der Waals surface area (Å²) >= 11 is 0. The van der Waals surface area contributed by atoms with E-state index in [1.165, 1.54) is 19.3 Å². The van der Waals surface area contributed by atoms with E-state index in [2.05, 4.69) is 20.3 Å². The molecular formula is C21H27N5O3. The number of hydrogen-bond acceptors (Lipinski definition) is 7. The molecule has 8 nitrogen and oxygen atoms in total. The molecule has 2 N–H and O–H groups in total. The minimum atomic E-state index is -0.807. The van der Waals surface area contributed by atoms with Crippen LogP contribution in [0.15, 0.2) is 18.3 Å². The summed E-state index contributed by atoms with van der Waals surface area (Å²) in [6.07, 6.45) is 7.63. The van der Waals surface area contributed by atoms with Gasteiger partial charge in [-0.15, -0.1) is 0 Å². The molecule has 0 bridgehead atoms. The Balaban J connectivity index is 1.68. The minimum Gasteiger partial charge on any atom is -0.474 e. The number of fused-ring (bicyclic) bond motifs is 1. The van der Waals surface area contributed by atoms with Crippen LogP contribution in [0.25, 0.3) is 0 Å². The largest absolute Gasteiger partial charge is 0.474 e. The number of pyridine rings is 1. The second-order valence-corrected chi connectivity index (χ2v) is 8.09. The maximum atomic E-state index is 13.3. The Morgan fingerprint density at radius 2 is 2.00 bits per heavy atom. The summed E-state index contributed by atoms with van der Waals surface area (Å²) in [6, 6.07) is 3.63. The van der Waals surface area contributed by atoms with E-state index in [-0.39, 0.29) is 24.4 Å². The lowest BCUT2D eigenvalue weighted by atomic mass is 9.87. The number of rotatable bonds is 5. The second-order valence-electron chi connectivity index (χ2n) is 8.09. The highest BCUT2D eigenvalue weighted by Gasteiger charge is 2.48. The molecule has 154 valence electrons. The predicted molar refractivity (Wildman–Crippen MR) is 109 cm³/mol. The van der Waals surface area contributed by atoms with Gasteiger partial charge in [0.05, 0.1) is 22.9 Å². The molecule has 0 radical (unpaired) electrons.